The van der Waals surface area contributed by atoms with Gasteiger partial charge in [0.2, 0.25) is 0 Å². The molecule has 1 amide bonds. The number of carbonyl (C=O) groups excluding carboxylic acids is 8. The Labute approximate surface area is 620 Å². The van der Waals surface area contributed by atoms with E-state index in [1.807, 2.05) is 45.4 Å². The number of phosphoric acid groups is 1. The van der Waals surface area contributed by atoms with Crippen LogP contribution in [-0.4, -0.2) is 157 Å². The second-order valence-electron chi connectivity index (χ2n) is 30.4. The topological polar surface area (TPSA) is 303 Å². The van der Waals surface area contributed by atoms with E-state index in [0.29, 0.717) is 23.0 Å². The summed E-state index contributed by atoms with van der Waals surface area (Å²) in [6.45, 7) is 8.71. The molecule has 4 aliphatic rings. The molecule has 2 bridgehead atoms. The van der Waals surface area contributed by atoms with E-state index in [2.05, 4.69) is 5.32 Å². The quantitative estimate of drug-likeness (QED) is 0.00930. The third-order valence-corrected chi connectivity index (χ3v) is 22.4. The van der Waals surface area contributed by atoms with Crippen LogP contribution in [0.3, 0.4) is 0 Å². The number of nitrogens with zero attached hydrogens (tertiary/aromatic N) is 1. The van der Waals surface area contributed by atoms with Crippen LogP contribution in [0.1, 0.15) is 221 Å². The van der Waals surface area contributed by atoms with Crippen LogP contribution in [0.2, 0.25) is 0 Å². The molecular formula is C82H113N2O20P. The first kappa shape index (κ1) is 85.0. The fourth-order valence-corrected chi connectivity index (χ4v) is 16.2. The van der Waals surface area contributed by atoms with Crippen molar-refractivity contribution in [2.75, 3.05) is 47.5 Å². The summed E-state index contributed by atoms with van der Waals surface area (Å²) in [5.74, 6) is -8.43. The van der Waals surface area contributed by atoms with Crippen LogP contribution in [0.25, 0.3) is 0 Å². The van der Waals surface area contributed by atoms with Crippen molar-refractivity contribution in [3.63, 3.8) is 0 Å². The minimum absolute atomic E-state index is 0. The summed E-state index contributed by atoms with van der Waals surface area (Å²) in [5.41, 5.74) is -5.89. The van der Waals surface area contributed by atoms with Crippen LogP contribution in [0.15, 0.2) is 126 Å². The Morgan fingerprint density at radius 2 is 1.19 bits per heavy atom. The molecule has 2 saturated carbocycles. The molecule has 105 heavy (non-hydrogen) atoms. The van der Waals surface area contributed by atoms with Gasteiger partial charge in [-0.15, -0.1) is 0 Å². The number of benzene rings is 4. The van der Waals surface area contributed by atoms with Gasteiger partial charge in [-0.3, -0.25) is 33.3 Å². The number of carbonyl (C=O) groups is 8. The van der Waals surface area contributed by atoms with Crippen molar-refractivity contribution in [3.8, 4) is 0 Å². The number of quaternary nitrogens is 1. The van der Waals surface area contributed by atoms with Crippen LogP contribution in [0.4, 0.5) is 0 Å². The molecule has 4 aromatic carbocycles. The highest BCUT2D eigenvalue weighted by Crippen LogP contribution is 2.65. The normalized spacial score (nSPS) is 24.2. The van der Waals surface area contributed by atoms with Gasteiger partial charge in [0, 0.05) is 50.5 Å². The first-order valence-corrected chi connectivity index (χ1v) is 38.6. The number of aliphatic hydroxyl groups is 2. The van der Waals surface area contributed by atoms with Gasteiger partial charge in [0.25, 0.3) is 13.7 Å². The van der Waals surface area contributed by atoms with Crippen LogP contribution in [0.5, 0.6) is 0 Å². The zero-order chi connectivity index (χ0) is 75.5. The molecule has 8 rings (SSSR count). The molecule has 0 aromatic heterocycles. The highest BCUT2D eigenvalue weighted by atomic mass is 31.2. The second kappa shape index (κ2) is 38.5. The number of ketones is 2. The molecule has 12 atom stereocenters. The van der Waals surface area contributed by atoms with E-state index in [-0.39, 0.29) is 68.0 Å². The molecule has 576 valence electrons. The predicted molar refractivity (Wildman–Crippen MR) is 393 cm³/mol. The lowest BCUT2D eigenvalue weighted by Gasteiger charge is -2.67. The number of hydrogen-bond acceptors (Lipinski definition) is 20. The maximum absolute atomic E-state index is 16.5. The van der Waals surface area contributed by atoms with E-state index in [0.717, 1.165) is 63.5 Å². The summed E-state index contributed by atoms with van der Waals surface area (Å²) in [6.07, 6.45) is 7.40. The number of amides is 1. The van der Waals surface area contributed by atoms with Gasteiger partial charge in [-0.25, -0.2) is 9.59 Å². The number of phosphoric ester groups is 1. The molecule has 0 spiro atoms. The minimum Gasteiger partial charge on any atom is -0.756 e. The van der Waals surface area contributed by atoms with E-state index in [4.69, 9.17) is 37.5 Å². The van der Waals surface area contributed by atoms with Crippen LogP contribution in [0, 0.1) is 16.7 Å². The summed E-state index contributed by atoms with van der Waals surface area (Å²) in [5, 5.41) is 29.0. The van der Waals surface area contributed by atoms with Gasteiger partial charge in [-0.2, -0.15) is 0 Å². The Morgan fingerprint density at radius 1 is 0.667 bits per heavy atom. The fourth-order valence-electron chi connectivity index (χ4n) is 15.5. The molecule has 1 heterocycles. The van der Waals surface area contributed by atoms with Gasteiger partial charge in [-0.1, -0.05) is 202 Å². The van der Waals surface area contributed by atoms with Crippen molar-refractivity contribution in [1.29, 1.82) is 0 Å². The van der Waals surface area contributed by atoms with Gasteiger partial charge in [0.1, 0.15) is 49.0 Å². The lowest BCUT2D eigenvalue weighted by Crippen LogP contribution is -2.82. The van der Waals surface area contributed by atoms with Crippen molar-refractivity contribution in [1.82, 2.24) is 5.32 Å². The Hall–Kier alpha value is -7.27. The standard InChI is InChI=1S/C81H109N2O20P.CH4/c1-55-64(100-77(92)70(88)69(60-36-28-24-29-37-60)82-75(90)61-38-30-25-31-39-61)53-81(93)74(102-76(91)62-40-32-26-33-41-62)72-79(6,73(89)71(99-56(2)84)68(55)78(81,4)5)65(52-66-80(72,54-96-66)103-57(3)85)101-67(87)47-46-63(86)51-59-44-42-58(43-45-59)35-27-22-20-18-16-14-12-10-11-13-15-17-19-21-23-34-49-97-104(94,95)98-50-48-83(7,8)9;/h24-26,28-33,36-45,64-66,69-72,74,88,93H,10-23,27,34-35,46-54H2,1-9H3,(H-,82,90,94,95);1H4/t64-,65-,66+,69-,70+,71+,72-,74-,79+,80-,81+;/m0./s1. The SMILES string of the molecule is C.CC(=O)O[C@H]1C(=O)[C@]2(C)[C@@H](OC(=O)CCC(=O)Cc3ccc(CCCCCCCCCCCCCCCCCCOP(=O)([O-])OCC[N+](C)(C)C)cc3)C[C@H]3OC[C@@]3(OC(C)=O)[C@H]2[C@H](OC(=O)c2ccccc2)[C@]2(O)C[C@H](OC(=O)[C@H](O)[C@@H](NC(=O)c3ccccc3)c3ccccc3)C(C)=C1C2(C)C. The highest BCUT2D eigenvalue weighted by molar-refractivity contribution is 7.45. The number of rotatable bonds is 40. The highest BCUT2D eigenvalue weighted by Gasteiger charge is 2.79. The smallest absolute Gasteiger partial charge is 0.338 e. The summed E-state index contributed by atoms with van der Waals surface area (Å²) in [7, 11) is 1.68. The van der Waals surface area contributed by atoms with Gasteiger partial charge < -0.3 is 62.4 Å². The van der Waals surface area contributed by atoms with Crippen LogP contribution in [-0.2, 0) is 83.6 Å². The average Bonchev–Trinajstić information content (AvgIpc) is 0.668. The Bertz CT molecular complexity index is 3640. The molecule has 1 unspecified atom stereocenters. The molecule has 23 heteroatoms. The number of nitrogens with one attached hydrogen (secondary N) is 1. The molecule has 3 fully saturated rings. The van der Waals surface area contributed by atoms with E-state index < -0.39 is 139 Å². The first-order chi connectivity index (χ1) is 49.4. The van der Waals surface area contributed by atoms with Gasteiger partial charge in [-0.05, 0) is 85.2 Å². The Morgan fingerprint density at radius 3 is 1.72 bits per heavy atom. The lowest BCUT2D eigenvalue weighted by atomic mass is 9.44. The van der Waals surface area contributed by atoms with Crippen LogP contribution >= 0.6 is 7.82 Å². The number of hydrogen-bond donors (Lipinski definition) is 3. The molecule has 1 aliphatic heterocycles. The number of unbranched alkanes of at least 4 members (excludes halogenated alkanes) is 15. The summed E-state index contributed by atoms with van der Waals surface area (Å²) >= 11 is 0. The van der Waals surface area contributed by atoms with Gasteiger partial charge in [0.15, 0.2) is 23.6 Å². The van der Waals surface area contributed by atoms with Gasteiger partial charge >= 0.3 is 29.8 Å². The summed E-state index contributed by atoms with van der Waals surface area (Å²) in [4.78, 5) is 127. The molecule has 1 saturated heterocycles. The molecule has 3 N–H and O–H groups in total. The average molecular weight is 1480 g/mol. The number of aliphatic hydroxyl groups excluding tert-OH is 1. The van der Waals surface area contributed by atoms with Gasteiger partial charge in [0.05, 0.1) is 63.7 Å². The molecule has 22 nitrogen and oxygen atoms in total. The Kier molecular flexibility index (Phi) is 31.2. The minimum atomic E-state index is -4.24. The lowest BCUT2D eigenvalue weighted by molar-refractivity contribution is -0.870. The van der Waals surface area contributed by atoms with E-state index in [1.165, 1.54) is 90.2 Å². The molecular weight excluding hydrogens is 1360 g/mol. The maximum Gasteiger partial charge on any atom is 0.338 e. The van der Waals surface area contributed by atoms with E-state index in [9.17, 15) is 53.2 Å². The Balaban J connectivity index is 0.0000154. The zero-order valence-corrected chi connectivity index (χ0v) is 63.0. The largest absolute Gasteiger partial charge is 0.756 e. The van der Waals surface area contributed by atoms with Crippen LogP contribution < -0.4 is 10.2 Å². The maximum atomic E-state index is 16.5. The van der Waals surface area contributed by atoms with Crippen molar-refractivity contribution >= 4 is 55.1 Å². The number of ether oxygens (including phenoxy) is 6. The number of Topliss-reactive ketones (excluding diaryl/α,β-unsaturated/α-hetero) is 2. The van der Waals surface area contributed by atoms with Crippen molar-refractivity contribution in [3.05, 3.63) is 154 Å². The predicted octanol–water partition coefficient (Wildman–Crippen LogP) is 12.5. The monoisotopic (exact) mass is 1480 g/mol. The number of esters is 5. The molecule has 0 radical (unpaired) electrons. The number of aryl methyl sites for hydroxylation is 1. The van der Waals surface area contributed by atoms with Crippen molar-refractivity contribution < 1.29 is 100.0 Å². The van der Waals surface area contributed by atoms with Crippen molar-refractivity contribution in [2.45, 2.75) is 244 Å². The third kappa shape index (κ3) is 22.2. The number of fused-ring (bicyclic) bond motifs is 5. The van der Waals surface area contributed by atoms with Crippen molar-refractivity contribution in [2.24, 2.45) is 16.7 Å². The first-order valence-electron chi connectivity index (χ1n) is 37.1. The second-order valence-corrected chi connectivity index (χ2v) is 31.8. The summed E-state index contributed by atoms with van der Waals surface area (Å²) in [6, 6.07) is 30.6. The third-order valence-electron chi connectivity index (χ3n) is 21.4. The molecule has 4 aromatic rings. The number of likely N-dealkylation sites (N-methyl/N-ethyl adjacent to an activating group) is 1. The zero-order valence-electron chi connectivity index (χ0n) is 62.1. The van der Waals surface area contributed by atoms with E-state index >= 15 is 4.79 Å². The summed E-state index contributed by atoms with van der Waals surface area (Å²) < 4.78 is 60.3. The van der Waals surface area contributed by atoms with E-state index in [1.54, 1.807) is 92.7 Å². The fraction of sp³-hybridized carbons (Fsp3) is 0.585. The molecule has 3 aliphatic carbocycles.